The number of aromatic nitrogens is 4. The first-order valence-electron chi connectivity index (χ1n) is 9.08. The van der Waals surface area contributed by atoms with E-state index in [1.165, 1.54) is 0 Å². The van der Waals surface area contributed by atoms with Gasteiger partial charge in [-0.25, -0.2) is 9.97 Å². The van der Waals surface area contributed by atoms with Crippen LogP contribution in [0.15, 0.2) is 51.7 Å². The first-order chi connectivity index (χ1) is 13.7. The standard InChI is InChI=1S/C20H17N5O3/c1-12-3-4-15-14(9-12)10-16(27-15)20(26)25-8-5-13(11-25)19-23-18(24-28-19)17-21-6-2-7-22-17/h2-4,6-7,9-10,13H,5,8,11H2,1H3. The van der Waals surface area contributed by atoms with E-state index in [-0.39, 0.29) is 11.8 Å². The van der Waals surface area contributed by atoms with Crippen molar-refractivity contribution in [2.75, 3.05) is 13.1 Å². The van der Waals surface area contributed by atoms with E-state index < -0.39 is 0 Å². The molecule has 1 amide bonds. The van der Waals surface area contributed by atoms with Gasteiger partial charge >= 0.3 is 0 Å². The molecule has 0 saturated carbocycles. The molecule has 0 radical (unpaired) electrons. The van der Waals surface area contributed by atoms with Gasteiger partial charge in [0.2, 0.25) is 17.5 Å². The summed E-state index contributed by atoms with van der Waals surface area (Å²) < 4.78 is 11.1. The minimum atomic E-state index is -0.123. The molecule has 0 spiro atoms. The summed E-state index contributed by atoms with van der Waals surface area (Å²) in [5, 5.41) is 4.90. The summed E-state index contributed by atoms with van der Waals surface area (Å²) in [5.74, 6) is 1.49. The maximum atomic E-state index is 12.9. The molecule has 140 valence electrons. The highest BCUT2D eigenvalue weighted by Crippen LogP contribution is 2.29. The molecule has 8 nitrogen and oxygen atoms in total. The lowest BCUT2D eigenvalue weighted by Crippen LogP contribution is -2.28. The van der Waals surface area contributed by atoms with Gasteiger partial charge in [0, 0.05) is 30.9 Å². The molecule has 4 aromatic rings. The monoisotopic (exact) mass is 375 g/mol. The Morgan fingerprint density at radius 1 is 1.18 bits per heavy atom. The molecule has 5 rings (SSSR count). The summed E-state index contributed by atoms with van der Waals surface area (Å²) >= 11 is 0. The highest BCUT2D eigenvalue weighted by atomic mass is 16.5. The molecule has 0 aliphatic carbocycles. The van der Waals surface area contributed by atoms with Crippen molar-refractivity contribution in [3.8, 4) is 11.6 Å². The van der Waals surface area contributed by atoms with Gasteiger partial charge in [0.25, 0.3) is 5.91 Å². The minimum absolute atomic E-state index is 0.0134. The predicted molar refractivity (Wildman–Crippen MR) is 99.5 cm³/mol. The Labute approximate surface area is 160 Å². The van der Waals surface area contributed by atoms with Crippen molar-refractivity contribution in [1.82, 2.24) is 25.0 Å². The molecular formula is C20H17N5O3. The number of carbonyl (C=O) groups excluding carboxylic acids is 1. The van der Waals surface area contributed by atoms with Gasteiger partial charge in [-0.2, -0.15) is 4.98 Å². The van der Waals surface area contributed by atoms with Gasteiger partial charge in [-0.15, -0.1) is 0 Å². The molecule has 3 aromatic heterocycles. The van der Waals surface area contributed by atoms with Gasteiger partial charge in [0.1, 0.15) is 5.58 Å². The second-order valence-corrected chi connectivity index (χ2v) is 6.92. The summed E-state index contributed by atoms with van der Waals surface area (Å²) in [7, 11) is 0. The van der Waals surface area contributed by atoms with Gasteiger partial charge in [-0.1, -0.05) is 16.8 Å². The number of aryl methyl sites for hydroxylation is 1. The zero-order valence-electron chi connectivity index (χ0n) is 15.2. The number of nitrogens with zero attached hydrogens (tertiary/aromatic N) is 5. The van der Waals surface area contributed by atoms with E-state index >= 15 is 0 Å². The quantitative estimate of drug-likeness (QED) is 0.542. The van der Waals surface area contributed by atoms with E-state index in [1.807, 2.05) is 25.1 Å². The van der Waals surface area contributed by atoms with E-state index in [4.69, 9.17) is 8.94 Å². The Morgan fingerprint density at radius 2 is 2.04 bits per heavy atom. The van der Waals surface area contributed by atoms with Crippen LogP contribution in [0.2, 0.25) is 0 Å². The molecule has 1 atom stereocenters. The second kappa shape index (κ2) is 6.56. The van der Waals surface area contributed by atoms with Crippen molar-refractivity contribution in [1.29, 1.82) is 0 Å². The molecule has 0 N–H and O–H groups in total. The van der Waals surface area contributed by atoms with Crippen molar-refractivity contribution in [3.05, 3.63) is 59.9 Å². The van der Waals surface area contributed by atoms with E-state index in [0.717, 1.165) is 17.4 Å². The second-order valence-electron chi connectivity index (χ2n) is 6.92. The van der Waals surface area contributed by atoms with Crippen LogP contribution < -0.4 is 0 Å². The third-order valence-corrected chi connectivity index (χ3v) is 4.91. The predicted octanol–water partition coefficient (Wildman–Crippen LogP) is 3.21. The fourth-order valence-corrected chi connectivity index (χ4v) is 3.48. The van der Waals surface area contributed by atoms with Crippen LogP contribution in [0.3, 0.4) is 0 Å². The number of benzene rings is 1. The van der Waals surface area contributed by atoms with Crippen LogP contribution in [-0.4, -0.2) is 44.0 Å². The lowest BCUT2D eigenvalue weighted by molar-refractivity contribution is 0.0760. The number of hydrogen-bond acceptors (Lipinski definition) is 7. The molecule has 1 fully saturated rings. The van der Waals surface area contributed by atoms with Crippen LogP contribution >= 0.6 is 0 Å². The smallest absolute Gasteiger partial charge is 0.289 e. The number of rotatable bonds is 3. The fourth-order valence-electron chi connectivity index (χ4n) is 3.48. The molecule has 1 aliphatic rings. The van der Waals surface area contributed by atoms with Gasteiger partial charge in [-0.05, 0) is 37.6 Å². The molecule has 8 heteroatoms. The SMILES string of the molecule is Cc1ccc2oc(C(=O)N3CCC(c4nc(-c5ncccn5)no4)C3)cc2c1. The lowest BCUT2D eigenvalue weighted by atomic mass is 10.1. The third-order valence-electron chi connectivity index (χ3n) is 4.91. The third kappa shape index (κ3) is 2.92. The Balaban J connectivity index is 1.32. The number of amides is 1. The average Bonchev–Trinajstić information content (AvgIpc) is 3.46. The van der Waals surface area contributed by atoms with Crippen LogP contribution in [0.25, 0.3) is 22.6 Å². The summed E-state index contributed by atoms with van der Waals surface area (Å²) in [4.78, 5) is 27.3. The van der Waals surface area contributed by atoms with Crippen LogP contribution in [0.4, 0.5) is 0 Å². The zero-order chi connectivity index (χ0) is 19.1. The van der Waals surface area contributed by atoms with Crippen LogP contribution in [0.5, 0.6) is 0 Å². The van der Waals surface area contributed by atoms with Crippen molar-refractivity contribution in [2.45, 2.75) is 19.3 Å². The van der Waals surface area contributed by atoms with Crippen molar-refractivity contribution in [3.63, 3.8) is 0 Å². The maximum Gasteiger partial charge on any atom is 0.289 e. The largest absolute Gasteiger partial charge is 0.451 e. The topological polar surface area (TPSA) is 98.2 Å². The van der Waals surface area contributed by atoms with Crippen molar-refractivity contribution in [2.24, 2.45) is 0 Å². The van der Waals surface area contributed by atoms with Crippen LogP contribution in [-0.2, 0) is 0 Å². The molecule has 1 unspecified atom stereocenters. The molecule has 1 saturated heterocycles. The Hall–Kier alpha value is -3.55. The summed E-state index contributed by atoms with van der Waals surface area (Å²) in [6, 6.07) is 9.39. The molecule has 1 aliphatic heterocycles. The minimum Gasteiger partial charge on any atom is -0.451 e. The number of fused-ring (bicyclic) bond motifs is 1. The molecule has 4 heterocycles. The van der Waals surface area contributed by atoms with Crippen molar-refractivity contribution < 1.29 is 13.7 Å². The van der Waals surface area contributed by atoms with Crippen LogP contribution in [0.1, 0.15) is 34.3 Å². The number of likely N-dealkylation sites (tertiary alicyclic amines) is 1. The first kappa shape index (κ1) is 16.6. The lowest BCUT2D eigenvalue weighted by Gasteiger charge is -2.13. The Bertz CT molecular complexity index is 1150. The van der Waals surface area contributed by atoms with Crippen LogP contribution in [0, 0.1) is 6.92 Å². The maximum absolute atomic E-state index is 12.9. The molecule has 28 heavy (non-hydrogen) atoms. The number of carbonyl (C=O) groups is 1. The normalized spacial score (nSPS) is 16.8. The molecule has 1 aromatic carbocycles. The van der Waals surface area contributed by atoms with Gasteiger partial charge in [0.05, 0.1) is 5.92 Å². The van der Waals surface area contributed by atoms with Gasteiger partial charge < -0.3 is 13.8 Å². The fraction of sp³-hybridized carbons (Fsp3) is 0.250. The highest BCUT2D eigenvalue weighted by molar-refractivity contribution is 5.96. The summed E-state index contributed by atoms with van der Waals surface area (Å²) in [5.41, 5.74) is 1.84. The first-order valence-corrected chi connectivity index (χ1v) is 9.08. The van der Waals surface area contributed by atoms with E-state index in [9.17, 15) is 4.79 Å². The summed E-state index contributed by atoms with van der Waals surface area (Å²) in [6.07, 6.45) is 4.01. The van der Waals surface area contributed by atoms with E-state index in [2.05, 4.69) is 20.1 Å². The molecule has 0 bridgehead atoms. The van der Waals surface area contributed by atoms with E-state index in [1.54, 1.807) is 29.4 Å². The molecular weight excluding hydrogens is 358 g/mol. The van der Waals surface area contributed by atoms with Crippen molar-refractivity contribution >= 4 is 16.9 Å². The highest BCUT2D eigenvalue weighted by Gasteiger charge is 2.33. The van der Waals surface area contributed by atoms with Gasteiger partial charge in [-0.3, -0.25) is 4.79 Å². The Kier molecular flexibility index (Phi) is 3.89. The average molecular weight is 375 g/mol. The number of hydrogen-bond donors (Lipinski definition) is 0. The van der Waals surface area contributed by atoms with E-state index in [0.29, 0.717) is 42.0 Å². The Morgan fingerprint density at radius 3 is 2.89 bits per heavy atom. The summed E-state index contributed by atoms with van der Waals surface area (Å²) in [6.45, 7) is 3.13. The zero-order valence-corrected chi connectivity index (χ0v) is 15.2. The number of furan rings is 1. The van der Waals surface area contributed by atoms with Gasteiger partial charge in [0.15, 0.2) is 5.76 Å².